The van der Waals surface area contributed by atoms with Gasteiger partial charge in [0.15, 0.2) is 9.84 Å². The van der Waals surface area contributed by atoms with Crippen LogP contribution in [0.5, 0.6) is 0 Å². The standard InChI is InChI=1S/C10H12O6S/c11-5-8(12)6-17(15,16)9-3-1-7(2-4-9)10(13)14/h1-4,8,11-12H,5-6H2,(H,13,14). The fourth-order valence-corrected chi connectivity index (χ4v) is 2.56. The van der Waals surface area contributed by atoms with Gasteiger partial charge in [0.2, 0.25) is 0 Å². The van der Waals surface area contributed by atoms with Crippen LogP contribution in [0.3, 0.4) is 0 Å². The molecule has 1 aromatic rings. The predicted molar refractivity (Wildman–Crippen MR) is 58.5 cm³/mol. The molecule has 0 heterocycles. The first-order valence-electron chi connectivity index (χ1n) is 4.72. The number of aliphatic hydroxyl groups excluding tert-OH is 2. The maximum atomic E-state index is 11.7. The molecule has 1 atom stereocenters. The summed E-state index contributed by atoms with van der Waals surface area (Å²) in [4.78, 5) is 10.5. The smallest absolute Gasteiger partial charge is 0.335 e. The van der Waals surface area contributed by atoms with Gasteiger partial charge in [0.05, 0.1) is 28.9 Å². The van der Waals surface area contributed by atoms with Crippen LogP contribution in [0, 0.1) is 0 Å². The zero-order chi connectivity index (χ0) is 13.1. The quantitative estimate of drug-likeness (QED) is 0.658. The van der Waals surface area contributed by atoms with Gasteiger partial charge in [-0.05, 0) is 24.3 Å². The fourth-order valence-electron chi connectivity index (χ4n) is 1.21. The largest absolute Gasteiger partial charge is 0.478 e. The van der Waals surface area contributed by atoms with Crippen molar-refractivity contribution in [3.8, 4) is 0 Å². The maximum Gasteiger partial charge on any atom is 0.335 e. The normalized spacial score (nSPS) is 13.3. The van der Waals surface area contributed by atoms with Crippen LogP contribution in [0.2, 0.25) is 0 Å². The Balaban J connectivity index is 2.96. The molecule has 0 saturated carbocycles. The summed E-state index contributed by atoms with van der Waals surface area (Å²) in [6, 6.07) is 4.65. The molecule has 0 fully saturated rings. The van der Waals surface area contributed by atoms with E-state index in [2.05, 4.69) is 0 Å². The van der Waals surface area contributed by atoms with E-state index in [0.717, 1.165) is 12.1 Å². The molecule has 7 heteroatoms. The summed E-state index contributed by atoms with van der Waals surface area (Å²) in [7, 11) is -3.72. The molecule has 0 bridgehead atoms. The first kappa shape index (κ1) is 13.6. The maximum absolute atomic E-state index is 11.7. The van der Waals surface area contributed by atoms with E-state index < -0.39 is 34.3 Å². The molecular formula is C10H12O6S. The van der Waals surface area contributed by atoms with Crippen molar-refractivity contribution in [2.45, 2.75) is 11.0 Å². The number of hydrogen-bond acceptors (Lipinski definition) is 5. The first-order valence-corrected chi connectivity index (χ1v) is 6.37. The molecule has 3 N–H and O–H groups in total. The summed E-state index contributed by atoms with van der Waals surface area (Å²) in [5.74, 6) is -1.75. The van der Waals surface area contributed by atoms with E-state index in [1.54, 1.807) is 0 Å². The number of hydrogen-bond donors (Lipinski definition) is 3. The van der Waals surface area contributed by atoms with Crippen LogP contribution >= 0.6 is 0 Å². The molecule has 6 nitrogen and oxygen atoms in total. The van der Waals surface area contributed by atoms with Crippen LogP contribution in [0.1, 0.15) is 10.4 Å². The summed E-state index contributed by atoms with van der Waals surface area (Å²) in [5, 5.41) is 26.3. The van der Waals surface area contributed by atoms with Gasteiger partial charge in [-0.2, -0.15) is 0 Å². The van der Waals surface area contributed by atoms with Gasteiger partial charge in [-0.25, -0.2) is 13.2 Å². The third-order valence-corrected chi connectivity index (χ3v) is 3.90. The third kappa shape index (κ3) is 3.52. The Kier molecular flexibility index (Phi) is 4.22. The third-order valence-electron chi connectivity index (χ3n) is 2.08. The lowest BCUT2D eigenvalue weighted by molar-refractivity contribution is 0.0696. The van der Waals surface area contributed by atoms with Crippen molar-refractivity contribution in [3.05, 3.63) is 29.8 Å². The molecule has 1 rings (SSSR count). The Morgan fingerprint density at radius 1 is 1.24 bits per heavy atom. The molecule has 0 saturated heterocycles. The van der Waals surface area contributed by atoms with Crippen molar-refractivity contribution in [2.75, 3.05) is 12.4 Å². The Hall–Kier alpha value is -1.44. The number of benzene rings is 1. The highest BCUT2D eigenvalue weighted by Crippen LogP contribution is 2.13. The van der Waals surface area contributed by atoms with Gasteiger partial charge in [-0.3, -0.25) is 0 Å². The van der Waals surface area contributed by atoms with Crippen LogP contribution in [-0.2, 0) is 9.84 Å². The fraction of sp³-hybridized carbons (Fsp3) is 0.300. The van der Waals surface area contributed by atoms with E-state index in [1.165, 1.54) is 12.1 Å². The zero-order valence-electron chi connectivity index (χ0n) is 8.78. The van der Waals surface area contributed by atoms with Crippen molar-refractivity contribution >= 4 is 15.8 Å². The number of rotatable bonds is 5. The first-order chi connectivity index (χ1) is 7.86. The molecule has 0 aliphatic heterocycles. The highest BCUT2D eigenvalue weighted by Gasteiger charge is 2.19. The van der Waals surface area contributed by atoms with Crippen LogP contribution in [0.25, 0.3) is 0 Å². The lowest BCUT2D eigenvalue weighted by Crippen LogP contribution is -2.24. The number of aromatic carboxylic acids is 1. The van der Waals surface area contributed by atoms with Crippen LogP contribution < -0.4 is 0 Å². The summed E-state index contributed by atoms with van der Waals surface area (Å²) < 4.78 is 23.3. The van der Waals surface area contributed by atoms with Gasteiger partial charge >= 0.3 is 5.97 Å². The number of carboxylic acids is 1. The topological polar surface area (TPSA) is 112 Å². The molecule has 0 aliphatic carbocycles. The molecular weight excluding hydrogens is 248 g/mol. The van der Waals surface area contributed by atoms with Crippen LogP contribution in [0.15, 0.2) is 29.2 Å². The zero-order valence-corrected chi connectivity index (χ0v) is 9.59. The van der Waals surface area contributed by atoms with E-state index in [4.69, 9.17) is 15.3 Å². The van der Waals surface area contributed by atoms with Gasteiger partial charge in [0, 0.05) is 0 Å². The summed E-state index contributed by atoms with van der Waals surface area (Å²) in [6.45, 7) is -0.646. The van der Waals surface area contributed by atoms with Crippen LogP contribution in [-0.4, -0.2) is 48.2 Å². The van der Waals surface area contributed by atoms with E-state index in [9.17, 15) is 13.2 Å². The van der Waals surface area contributed by atoms with E-state index in [1.807, 2.05) is 0 Å². The molecule has 0 amide bonds. The van der Waals surface area contributed by atoms with E-state index in [0.29, 0.717) is 0 Å². The van der Waals surface area contributed by atoms with E-state index in [-0.39, 0.29) is 10.5 Å². The second-order valence-electron chi connectivity index (χ2n) is 3.45. The Morgan fingerprint density at radius 2 is 1.76 bits per heavy atom. The lowest BCUT2D eigenvalue weighted by atomic mass is 10.2. The van der Waals surface area contributed by atoms with Gasteiger partial charge in [-0.1, -0.05) is 0 Å². The van der Waals surface area contributed by atoms with Crippen molar-refractivity contribution in [1.82, 2.24) is 0 Å². The molecule has 0 aliphatic rings. The molecule has 94 valence electrons. The molecule has 1 unspecified atom stereocenters. The highest BCUT2D eigenvalue weighted by atomic mass is 32.2. The Labute approximate surface area is 98.1 Å². The summed E-state index contributed by atoms with van der Waals surface area (Å²) in [6.07, 6.45) is -1.35. The average molecular weight is 260 g/mol. The number of aliphatic hydroxyl groups is 2. The molecule has 0 radical (unpaired) electrons. The predicted octanol–water partition coefficient (Wildman–Crippen LogP) is -0.488. The van der Waals surface area contributed by atoms with Crippen molar-refractivity contribution < 1.29 is 28.5 Å². The highest BCUT2D eigenvalue weighted by molar-refractivity contribution is 7.91. The van der Waals surface area contributed by atoms with Crippen molar-refractivity contribution in [3.63, 3.8) is 0 Å². The summed E-state index contributed by atoms with van der Waals surface area (Å²) in [5.41, 5.74) is -0.0216. The molecule has 0 spiro atoms. The second-order valence-corrected chi connectivity index (χ2v) is 5.48. The van der Waals surface area contributed by atoms with Crippen molar-refractivity contribution in [2.24, 2.45) is 0 Å². The summed E-state index contributed by atoms with van der Waals surface area (Å²) >= 11 is 0. The minimum absolute atomic E-state index is 0.0216. The molecule has 17 heavy (non-hydrogen) atoms. The number of carbonyl (C=O) groups is 1. The lowest BCUT2D eigenvalue weighted by Gasteiger charge is -2.08. The van der Waals surface area contributed by atoms with Gasteiger partial charge in [0.25, 0.3) is 0 Å². The Bertz CT molecular complexity index is 490. The average Bonchev–Trinajstić information content (AvgIpc) is 2.28. The minimum Gasteiger partial charge on any atom is -0.478 e. The van der Waals surface area contributed by atoms with E-state index >= 15 is 0 Å². The van der Waals surface area contributed by atoms with Crippen molar-refractivity contribution in [1.29, 1.82) is 0 Å². The Morgan fingerprint density at radius 3 is 2.18 bits per heavy atom. The van der Waals surface area contributed by atoms with Gasteiger partial charge < -0.3 is 15.3 Å². The number of carboxylic acid groups (broad SMARTS) is 1. The monoisotopic (exact) mass is 260 g/mol. The molecule has 1 aromatic carbocycles. The number of sulfone groups is 1. The SMILES string of the molecule is O=C(O)c1ccc(S(=O)(=O)CC(O)CO)cc1. The minimum atomic E-state index is -3.72. The van der Waals surface area contributed by atoms with Gasteiger partial charge in [-0.15, -0.1) is 0 Å². The second kappa shape index (κ2) is 5.26. The van der Waals surface area contributed by atoms with Crippen LogP contribution in [0.4, 0.5) is 0 Å². The molecule has 0 aromatic heterocycles. The van der Waals surface area contributed by atoms with Gasteiger partial charge in [0.1, 0.15) is 0 Å².